The fraction of sp³-hybridized carbons (Fsp3) is 0.222. The molecule has 0 unspecified atom stereocenters. The zero-order valence-corrected chi connectivity index (χ0v) is 15.0. The minimum atomic E-state index is -0.780. The van der Waals surface area contributed by atoms with Crippen LogP contribution in [0.4, 0.5) is 5.69 Å². The van der Waals surface area contributed by atoms with Crippen LogP contribution in [0.15, 0.2) is 53.4 Å². The van der Waals surface area contributed by atoms with Crippen LogP contribution in [-0.2, 0) is 9.53 Å². The number of carbonyl (C=O) groups excluding carboxylic acids is 2. The number of hydrogen-bond donors (Lipinski definition) is 1. The first kappa shape index (κ1) is 19.5. The highest BCUT2D eigenvalue weighted by Crippen LogP contribution is 2.17. The third-order valence-corrected chi connectivity index (χ3v) is 4.35. The second-order valence-electron chi connectivity index (χ2n) is 5.40. The number of esters is 1. The number of rotatable bonds is 8. The van der Waals surface area contributed by atoms with E-state index in [0.717, 1.165) is 11.0 Å². The van der Waals surface area contributed by atoms with Gasteiger partial charge in [0, 0.05) is 29.3 Å². The van der Waals surface area contributed by atoms with Gasteiger partial charge in [-0.1, -0.05) is 23.8 Å². The molecular weight excluding hydrogens is 356 g/mol. The highest BCUT2D eigenvalue weighted by atomic mass is 32.2. The molecule has 0 aliphatic heterocycles. The predicted molar refractivity (Wildman–Crippen MR) is 98.3 cm³/mol. The molecule has 7 nitrogen and oxygen atoms in total. The molecule has 26 heavy (non-hydrogen) atoms. The highest BCUT2D eigenvalue weighted by molar-refractivity contribution is 7.99. The molecule has 0 saturated heterocycles. The van der Waals surface area contributed by atoms with Gasteiger partial charge in [0.15, 0.2) is 6.61 Å². The Balaban J connectivity index is 1.69. The van der Waals surface area contributed by atoms with Crippen molar-refractivity contribution in [2.45, 2.75) is 11.8 Å². The summed E-state index contributed by atoms with van der Waals surface area (Å²) in [6, 6.07) is 13.2. The van der Waals surface area contributed by atoms with E-state index in [9.17, 15) is 19.7 Å². The zero-order chi connectivity index (χ0) is 18.9. The molecule has 0 radical (unpaired) electrons. The Kier molecular flexibility index (Phi) is 7.16. The molecule has 0 heterocycles. The van der Waals surface area contributed by atoms with Gasteiger partial charge < -0.3 is 10.1 Å². The van der Waals surface area contributed by atoms with Crippen LogP contribution in [0.3, 0.4) is 0 Å². The lowest BCUT2D eigenvalue weighted by Gasteiger charge is -2.07. The molecule has 136 valence electrons. The largest absolute Gasteiger partial charge is 0.452 e. The molecule has 2 aromatic carbocycles. The van der Waals surface area contributed by atoms with Crippen LogP contribution >= 0.6 is 11.8 Å². The van der Waals surface area contributed by atoms with E-state index in [1.54, 1.807) is 11.8 Å². The number of ether oxygens (including phenoxy) is 1. The summed E-state index contributed by atoms with van der Waals surface area (Å²) in [6.45, 7) is 2.02. The normalized spacial score (nSPS) is 10.2. The summed E-state index contributed by atoms with van der Waals surface area (Å²) in [6.07, 6.45) is 0. The monoisotopic (exact) mass is 374 g/mol. The van der Waals surface area contributed by atoms with E-state index in [-0.39, 0.29) is 11.3 Å². The van der Waals surface area contributed by atoms with Gasteiger partial charge in [-0.05, 0) is 25.1 Å². The number of non-ortho nitro benzene ring substituents is 1. The number of nitro groups is 1. The van der Waals surface area contributed by atoms with E-state index in [1.807, 2.05) is 31.2 Å². The van der Waals surface area contributed by atoms with Crippen LogP contribution in [0.1, 0.15) is 15.9 Å². The molecule has 0 aliphatic rings. The van der Waals surface area contributed by atoms with E-state index in [0.29, 0.717) is 12.3 Å². The molecule has 0 aromatic heterocycles. The summed E-state index contributed by atoms with van der Waals surface area (Å²) in [5, 5.41) is 13.4. The van der Waals surface area contributed by atoms with E-state index in [1.165, 1.54) is 23.8 Å². The molecule has 2 rings (SSSR count). The van der Waals surface area contributed by atoms with Gasteiger partial charge in [-0.2, -0.15) is 0 Å². The number of nitro benzene ring substituents is 1. The topological polar surface area (TPSA) is 98.5 Å². The van der Waals surface area contributed by atoms with Crippen molar-refractivity contribution >= 4 is 29.3 Å². The van der Waals surface area contributed by atoms with E-state index in [4.69, 9.17) is 4.74 Å². The van der Waals surface area contributed by atoms with Gasteiger partial charge in [-0.3, -0.25) is 14.9 Å². The third kappa shape index (κ3) is 6.21. The maximum Gasteiger partial charge on any atom is 0.338 e. The molecule has 0 aliphatic carbocycles. The highest BCUT2D eigenvalue weighted by Gasteiger charge is 2.14. The Morgan fingerprint density at radius 1 is 1.19 bits per heavy atom. The summed E-state index contributed by atoms with van der Waals surface area (Å²) in [7, 11) is 0. The van der Waals surface area contributed by atoms with Gasteiger partial charge in [-0.15, -0.1) is 11.8 Å². The van der Waals surface area contributed by atoms with Crippen molar-refractivity contribution in [2.75, 3.05) is 18.9 Å². The summed E-state index contributed by atoms with van der Waals surface area (Å²) in [4.78, 5) is 34.7. The maximum atomic E-state index is 11.8. The van der Waals surface area contributed by atoms with Crippen molar-refractivity contribution in [3.05, 3.63) is 69.8 Å². The van der Waals surface area contributed by atoms with Crippen molar-refractivity contribution in [3.8, 4) is 0 Å². The standard InChI is InChI=1S/C18H18N2O5S/c1-13-5-7-16(8-6-13)26-10-9-19-17(21)12-25-18(22)14-3-2-4-15(11-14)20(23)24/h2-8,11H,9-10,12H2,1H3,(H,19,21). The van der Waals surface area contributed by atoms with Crippen LogP contribution in [0, 0.1) is 17.0 Å². The van der Waals surface area contributed by atoms with Crippen molar-refractivity contribution in [2.24, 2.45) is 0 Å². The number of nitrogens with zero attached hydrogens (tertiary/aromatic N) is 1. The van der Waals surface area contributed by atoms with Gasteiger partial charge >= 0.3 is 5.97 Å². The van der Waals surface area contributed by atoms with Crippen LogP contribution < -0.4 is 5.32 Å². The minimum Gasteiger partial charge on any atom is -0.452 e. The van der Waals surface area contributed by atoms with E-state index >= 15 is 0 Å². The molecule has 0 bridgehead atoms. The SMILES string of the molecule is Cc1ccc(SCCNC(=O)COC(=O)c2cccc([N+](=O)[O-])c2)cc1. The van der Waals surface area contributed by atoms with E-state index in [2.05, 4.69) is 5.32 Å². The Bertz CT molecular complexity index is 792. The molecule has 1 amide bonds. The van der Waals surface area contributed by atoms with Gasteiger partial charge in [-0.25, -0.2) is 4.79 Å². The summed E-state index contributed by atoms with van der Waals surface area (Å²) < 4.78 is 4.87. The van der Waals surface area contributed by atoms with Gasteiger partial charge in [0.2, 0.25) is 0 Å². The number of nitrogens with one attached hydrogen (secondary N) is 1. The van der Waals surface area contributed by atoms with Crippen molar-refractivity contribution < 1.29 is 19.2 Å². The fourth-order valence-corrected chi connectivity index (χ4v) is 2.77. The third-order valence-electron chi connectivity index (χ3n) is 3.34. The van der Waals surface area contributed by atoms with Crippen molar-refractivity contribution in [1.29, 1.82) is 0 Å². The smallest absolute Gasteiger partial charge is 0.338 e. The first-order valence-corrected chi connectivity index (χ1v) is 8.82. The molecule has 0 fully saturated rings. The predicted octanol–water partition coefficient (Wildman–Crippen LogP) is 2.97. The maximum absolute atomic E-state index is 11.8. The number of benzene rings is 2. The molecule has 0 spiro atoms. The molecular formula is C18H18N2O5S. The van der Waals surface area contributed by atoms with Gasteiger partial charge in [0.1, 0.15) is 0 Å². The quantitative estimate of drug-likeness (QED) is 0.251. The lowest BCUT2D eigenvalue weighted by molar-refractivity contribution is -0.384. The average molecular weight is 374 g/mol. The van der Waals surface area contributed by atoms with Crippen molar-refractivity contribution in [3.63, 3.8) is 0 Å². The Labute approximate surface area is 154 Å². The summed E-state index contributed by atoms with van der Waals surface area (Å²) in [5.74, 6) is -0.515. The number of aryl methyl sites for hydroxylation is 1. The van der Waals surface area contributed by atoms with Gasteiger partial charge in [0.25, 0.3) is 11.6 Å². The first-order valence-electron chi connectivity index (χ1n) is 7.83. The van der Waals surface area contributed by atoms with Crippen LogP contribution in [0.5, 0.6) is 0 Å². The zero-order valence-electron chi connectivity index (χ0n) is 14.1. The average Bonchev–Trinajstić information content (AvgIpc) is 2.64. The molecule has 1 N–H and O–H groups in total. The minimum absolute atomic E-state index is 0.0296. The number of carbonyl (C=O) groups is 2. The first-order chi connectivity index (χ1) is 12.5. The lowest BCUT2D eigenvalue weighted by Crippen LogP contribution is -2.30. The Morgan fingerprint density at radius 3 is 2.62 bits per heavy atom. The Hall–Kier alpha value is -2.87. The van der Waals surface area contributed by atoms with Crippen LogP contribution in [-0.4, -0.2) is 35.7 Å². The Morgan fingerprint density at radius 2 is 1.92 bits per heavy atom. The van der Waals surface area contributed by atoms with E-state index < -0.39 is 23.4 Å². The molecule has 2 aromatic rings. The summed E-state index contributed by atoms with van der Waals surface area (Å²) in [5.41, 5.74) is 1.01. The second-order valence-corrected chi connectivity index (χ2v) is 6.56. The molecule has 0 atom stereocenters. The van der Waals surface area contributed by atoms with Crippen LogP contribution in [0.25, 0.3) is 0 Å². The van der Waals surface area contributed by atoms with Crippen molar-refractivity contribution in [1.82, 2.24) is 5.32 Å². The van der Waals surface area contributed by atoms with Gasteiger partial charge in [0.05, 0.1) is 10.5 Å². The lowest BCUT2D eigenvalue weighted by atomic mass is 10.2. The van der Waals surface area contributed by atoms with Crippen LogP contribution in [0.2, 0.25) is 0 Å². The number of thioether (sulfide) groups is 1. The molecule has 8 heteroatoms. The number of amides is 1. The number of hydrogen-bond acceptors (Lipinski definition) is 6. The molecule has 0 saturated carbocycles. The second kappa shape index (κ2) is 9.57. The summed E-state index contributed by atoms with van der Waals surface area (Å²) >= 11 is 1.61. The fourth-order valence-electron chi connectivity index (χ4n) is 2.01.